The van der Waals surface area contributed by atoms with Crippen molar-refractivity contribution in [3.8, 4) is 5.75 Å². The predicted molar refractivity (Wildman–Crippen MR) is 113 cm³/mol. The van der Waals surface area contributed by atoms with Gasteiger partial charge in [0.25, 0.3) is 5.91 Å². The molecule has 0 spiro atoms. The van der Waals surface area contributed by atoms with Crippen molar-refractivity contribution in [2.75, 3.05) is 46.5 Å². The molecule has 2 fully saturated rings. The Morgan fingerprint density at radius 3 is 2.71 bits per heavy atom. The van der Waals surface area contributed by atoms with E-state index in [4.69, 9.17) is 18.9 Å². The average molecular weight is 431 g/mol. The highest BCUT2D eigenvalue weighted by molar-refractivity contribution is 5.97. The van der Waals surface area contributed by atoms with E-state index in [2.05, 4.69) is 10.2 Å². The molecular formula is C23H30N2O6. The summed E-state index contributed by atoms with van der Waals surface area (Å²) in [6.07, 6.45) is 3.68. The molecule has 2 heterocycles. The number of morpholine rings is 1. The van der Waals surface area contributed by atoms with Crippen LogP contribution in [0.5, 0.6) is 5.75 Å². The van der Waals surface area contributed by atoms with Crippen LogP contribution in [0, 0.1) is 5.92 Å². The van der Waals surface area contributed by atoms with Crippen LogP contribution in [0.1, 0.15) is 29.6 Å². The Hall–Kier alpha value is -2.42. The molecule has 1 amide bonds. The molecular weight excluding hydrogens is 400 g/mol. The molecule has 3 aliphatic rings. The van der Waals surface area contributed by atoms with Crippen LogP contribution in [0.2, 0.25) is 0 Å². The van der Waals surface area contributed by atoms with E-state index in [-0.39, 0.29) is 35.6 Å². The van der Waals surface area contributed by atoms with Gasteiger partial charge in [0.15, 0.2) is 0 Å². The normalized spacial score (nSPS) is 26.4. The van der Waals surface area contributed by atoms with Crippen molar-refractivity contribution in [3.63, 3.8) is 0 Å². The summed E-state index contributed by atoms with van der Waals surface area (Å²) in [7, 11) is 1.69. The van der Waals surface area contributed by atoms with Gasteiger partial charge in [-0.25, -0.2) is 0 Å². The highest BCUT2D eigenvalue weighted by Gasteiger charge is 2.41. The van der Waals surface area contributed by atoms with Crippen molar-refractivity contribution in [2.45, 2.75) is 31.5 Å². The molecule has 3 atom stereocenters. The smallest absolute Gasteiger partial charge is 0.251 e. The number of hydrogen-bond acceptors (Lipinski definition) is 7. The molecule has 1 aliphatic carbocycles. The van der Waals surface area contributed by atoms with E-state index in [1.807, 2.05) is 0 Å². The fourth-order valence-corrected chi connectivity index (χ4v) is 4.28. The summed E-state index contributed by atoms with van der Waals surface area (Å²) in [5, 5.41) is 2.94. The van der Waals surface area contributed by atoms with Crippen LogP contribution in [0.3, 0.4) is 0 Å². The van der Waals surface area contributed by atoms with Crippen molar-refractivity contribution in [1.82, 2.24) is 10.2 Å². The third-order valence-electron chi connectivity index (χ3n) is 6.17. The number of nitrogens with zero attached hydrogens (tertiary/aromatic N) is 1. The number of carbonyl (C=O) groups excluding carboxylic acids is 2. The number of allylic oxidation sites excluding steroid dienone is 1. The second-order valence-corrected chi connectivity index (χ2v) is 8.13. The van der Waals surface area contributed by atoms with E-state index >= 15 is 0 Å². The molecule has 1 saturated heterocycles. The number of benzene rings is 1. The van der Waals surface area contributed by atoms with Crippen LogP contribution in [0.25, 0.3) is 0 Å². The quantitative estimate of drug-likeness (QED) is 0.705. The van der Waals surface area contributed by atoms with Gasteiger partial charge in [-0.2, -0.15) is 0 Å². The van der Waals surface area contributed by atoms with Crippen LogP contribution in [0.15, 0.2) is 36.3 Å². The average Bonchev–Trinajstić information content (AvgIpc) is 2.81. The van der Waals surface area contributed by atoms with Crippen molar-refractivity contribution in [1.29, 1.82) is 0 Å². The van der Waals surface area contributed by atoms with Crippen molar-refractivity contribution in [3.05, 3.63) is 41.9 Å². The van der Waals surface area contributed by atoms with Gasteiger partial charge in [0.1, 0.15) is 18.1 Å². The van der Waals surface area contributed by atoms with Crippen LogP contribution in [-0.2, 0) is 19.0 Å². The number of methoxy groups -OCH3 is 1. The van der Waals surface area contributed by atoms with Gasteiger partial charge in [-0.3, -0.25) is 14.5 Å². The van der Waals surface area contributed by atoms with Gasteiger partial charge in [0, 0.05) is 45.3 Å². The number of fused-ring (bicyclic) bond motifs is 1. The molecule has 8 heteroatoms. The lowest BCUT2D eigenvalue weighted by Crippen LogP contribution is -2.42. The fraction of sp³-hybridized carbons (Fsp3) is 0.565. The number of nitrogens with one attached hydrogen (secondary N) is 1. The van der Waals surface area contributed by atoms with Gasteiger partial charge >= 0.3 is 0 Å². The zero-order valence-corrected chi connectivity index (χ0v) is 17.9. The molecule has 1 aromatic carbocycles. The zero-order chi connectivity index (χ0) is 21.6. The maximum atomic E-state index is 12.8. The third-order valence-corrected chi connectivity index (χ3v) is 6.17. The van der Waals surface area contributed by atoms with Crippen LogP contribution in [0.4, 0.5) is 0 Å². The second kappa shape index (κ2) is 10.3. The molecule has 2 aliphatic heterocycles. The van der Waals surface area contributed by atoms with E-state index in [9.17, 15) is 9.59 Å². The van der Waals surface area contributed by atoms with Gasteiger partial charge in [0.2, 0.25) is 11.5 Å². The number of ether oxygens (including phenoxy) is 4. The lowest BCUT2D eigenvalue weighted by Gasteiger charge is -2.36. The van der Waals surface area contributed by atoms with E-state index in [1.54, 1.807) is 31.4 Å². The maximum Gasteiger partial charge on any atom is 0.251 e. The number of hydrogen-bond donors (Lipinski definition) is 1. The number of Topliss-reactive ketones (excluding diaryl/α,β-unsaturated/α-hetero) is 1. The first kappa shape index (κ1) is 21.8. The largest absolute Gasteiger partial charge is 0.493 e. The maximum absolute atomic E-state index is 12.8. The Labute approximate surface area is 182 Å². The first-order valence-corrected chi connectivity index (χ1v) is 10.9. The first-order valence-electron chi connectivity index (χ1n) is 10.9. The summed E-state index contributed by atoms with van der Waals surface area (Å²) < 4.78 is 22.3. The molecule has 4 rings (SSSR count). The highest BCUT2D eigenvalue weighted by atomic mass is 16.5. The topological polar surface area (TPSA) is 86.3 Å². The molecule has 0 bridgehead atoms. The van der Waals surface area contributed by atoms with Gasteiger partial charge in [0.05, 0.1) is 25.2 Å². The summed E-state index contributed by atoms with van der Waals surface area (Å²) in [5.41, 5.74) is 0.549. The Morgan fingerprint density at radius 2 is 1.97 bits per heavy atom. The minimum absolute atomic E-state index is 0.0317. The first-order chi connectivity index (χ1) is 15.1. The van der Waals surface area contributed by atoms with Crippen molar-refractivity contribution >= 4 is 11.7 Å². The molecule has 31 heavy (non-hydrogen) atoms. The van der Waals surface area contributed by atoms with Crippen molar-refractivity contribution < 1.29 is 28.5 Å². The minimum Gasteiger partial charge on any atom is -0.493 e. The van der Waals surface area contributed by atoms with Gasteiger partial charge in [-0.05, 0) is 37.1 Å². The summed E-state index contributed by atoms with van der Waals surface area (Å²) in [6, 6.07) is 6.78. The highest BCUT2D eigenvalue weighted by Crippen LogP contribution is 2.34. The molecule has 8 nitrogen and oxygen atoms in total. The lowest BCUT2D eigenvalue weighted by atomic mass is 9.80. The van der Waals surface area contributed by atoms with Crippen LogP contribution in [-0.4, -0.2) is 75.3 Å². The number of rotatable bonds is 7. The Balaban J connectivity index is 1.27. The van der Waals surface area contributed by atoms with Crippen LogP contribution < -0.4 is 10.1 Å². The van der Waals surface area contributed by atoms with Gasteiger partial charge < -0.3 is 24.3 Å². The number of carbonyl (C=O) groups is 2. The zero-order valence-electron chi connectivity index (χ0n) is 17.9. The molecule has 1 saturated carbocycles. The predicted octanol–water partition coefficient (Wildman–Crippen LogP) is 1.75. The minimum atomic E-state index is -0.192. The number of amides is 1. The van der Waals surface area contributed by atoms with E-state index in [0.717, 1.165) is 45.7 Å². The Kier molecular flexibility index (Phi) is 7.21. The van der Waals surface area contributed by atoms with E-state index in [0.29, 0.717) is 24.3 Å². The summed E-state index contributed by atoms with van der Waals surface area (Å²) in [5.74, 6) is 0.351. The molecule has 3 unspecified atom stereocenters. The molecule has 1 N–H and O–H groups in total. The molecule has 0 aromatic heterocycles. The van der Waals surface area contributed by atoms with E-state index in [1.165, 1.54) is 6.26 Å². The SMILES string of the molecule is COC1CCC2C(=O)C(Oc3ccc(C(=O)NCCN4CCOCC4)cc3)=COC2C1. The lowest BCUT2D eigenvalue weighted by molar-refractivity contribution is -0.133. The monoisotopic (exact) mass is 430 g/mol. The standard InChI is InChI=1S/C23H30N2O6/c1-28-18-6-7-19-20(14-18)30-15-21(22(19)26)31-17-4-2-16(3-5-17)23(27)24-8-9-25-10-12-29-13-11-25/h2-5,15,18-20H,6-14H2,1H3,(H,24,27). The third kappa shape index (κ3) is 5.44. The fourth-order valence-electron chi connectivity index (χ4n) is 4.28. The van der Waals surface area contributed by atoms with E-state index < -0.39 is 0 Å². The molecule has 168 valence electrons. The molecule has 1 aromatic rings. The van der Waals surface area contributed by atoms with Gasteiger partial charge in [-0.1, -0.05) is 0 Å². The molecule has 0 radical (unpaired) electrons. The van der Waals surface area contributed by atoms with Gasteiger partial charge in [-0.15, -0.1) is 0 Å². The number of ketones is 1. The van der Waals surface area contributed by atoms with Crippen molar-refractivity contribution in [2.24, 2.45) is 5.92 Å². The Morgan fingerprint density at radius 1 is 1.19 bits per heavy atom. The second-order valence-electron chi connectivity index (χ2n) is 8.13. The summed E-state index contributed by atoms with van der Waals surface area (Å²) in [4.78, 5) is 27.4. The summed E-state index contributed by atoms with van der Waals surface area (Å²) >= 11 is 0. The van der Waals surface area contributed by atoms with Crippen LogP contribution >= 0.6 is 0 Å². The Bertz CT molecular complexity index is 803. The summed E-state index contributed by atoms with van der Waals surface area (Å²) in [6.45, 7) is 4.68.